The summed E-state index contributed by atoms with van der Waals surface area (Å²) in [5.74, 6) is -1.08. The highest BCUT2D eigenvalue weighted by molar-refractivity contribution is 5.70. The van der Waals surface area contributed by atoms with E-state index in [9.17, 15) is 4.79 Å². The van der Waals surface area contributed by atoms with Gasteiger partial charge in [-0.05, 0) is 43.0 Å². The van der Waals surface area contributed by atoms with Gasteiger partial charge in [0.1, 0.15) is 0 Å². The molecule has 0 aromatic heterocycles. The number of aliphatic carboxylic acids is 1. The summed E-state index contributed by atoms with van der Waals surface area (Å²) in [6, 6.07) is 4.17. The molecule has 0 saturated heterocycles. The van der Waals surface area contributed by atoms with Gasteiger partial charge in [-0.1, -0.05) is 13.0 Å². The zero-order valence-electron chi connectivity index (χ0n) is 11.2. The zero-order valence-corrected chi connectivity index (χ0v) is 11.2. The Balaban J connectivity index is 3.06. The van der Waals surface area contributed by atoms with Gasteiger partial charge in [-0.2, -0.15) is 0 Å². The lowest BCUT2D eigenvalue weighted by Gasteiger charge is -2.19. The van der Waals surface area contributed by atoms with Crippen LogP contribution in [-0.4, -0.2) is 25.2 Å². The zero-order chi connectivity index (χ0) is 13.2. The second-order valence-corrected chi connectivity index (χ2v) is 4.89. The lowest BCUT2D eigenvalue weighted by Crippen LogP contribution is -2.14. The lowest BCUT2D eigenvalue weighted by atomic mass is 9.96. The number of hydrogen-bond donors (Lipinski definition) is 1. The van der Waals surface area contributed by atoms with Crippen LogP contribution in [0.15, 0.2) is 12.1 Å². The Labute approximate surface area is 103 Å². The van der Waals surface area contributed by atoms with Crippen LogP contribution in [0.2, 0.25) is 0 Å². The first kappa shape index (κ1) is 13.6. The predicted octanol–water partition coefficient (Wildman–Crippen LogP) is 2.63. The van der Waals surface area contributed by atoms with Gasteiger partial charge < -0.3 is 10.0 Å². The summed E-state index contributed by atoms with van der Waals surface area (Å²) in [6.07, 6.45) is 0.581. The largest absolute Gasteiger partial charge is 0.481 e. The van der Waals surface area contributed by atoms with Crippen molar-refractivity contribution in [3.05, 3.63) is 28.8 Å². The van der Waals surface area contributed by atoms with Crippen molar-refractivity contribution in [3.63, 3.8) is 0 Å². The number of hydrogen-bond acceptors (Lipinski definition) is 2. The van der Waals surface area contributed by atoms with Crippen LogP contribution in [0, 0.1) is 19.8 Å². The van der Waals surface area contributed by atoms with Crippen LogP contribution in [0.4, 0.5) is 5.69 Å². The quantitative estimate of drug-likeness (QED) is 0.872. The average Bonchev–Trinajstić information content (AvgIpc) is 2.22. The summed E-state index contributed by atoms with van der Waals surface area (Å²) >= 11 is 0. The van der Waals surface area contributed by atoms with E-state index in [2.05, 4.69) is 30.9 Å². The molecule has 0 amide bonds. The van der Waals surface area contributed by atoms with E-state index in [1.54, 1.807) is 6.92 Å². The third-order valence-corrected chi connectivity index (χ3v) is 3.14. The molecule has 1 unspecified atom stereocenters. The first-order chi connectivity index (χ1) is 7.82. The van der Waals surface area contributed by atoms with Crippen LogP contribution in [-0.2, 0) is 11.2 Å². The SMILES string of the molecule is Cc1cc(CC(C)C(=O)O)cc(N(C)C)c1C. The number of rotatable bonds is 4. The lowest BCUT2D eigenvalue weighted by molar-refractivity contribution is -0.141. The van der Waals surface area contributed by atoms with E-state index < -0.39 is 5.97 Å². The van der Waals surface area contributed by atoms with Crippen molar-refractivity contribution in [2.24, 2.45) is 5.92 Å². The van der Waals surface area contributed by atoms with Crippen molar-refractivity contribution in [2.45, 2.75) is 27.2 Å². The molecule has 0 bridgehead atoms. The van der Waals surface area contributed by atoms with E-state index in [1.165, 1.54) is 11.1 Å². The third kappa shape index (κ3) is 3.22. The maximum absolute atomic E-state index is 10.9. The van der Waals surface area contributed by atoms with Crippen molar-refractivity contribution >= 4 is 11.7 Å². The minimum Gasteiger partial charge on any atom is -0.481 e. The van der Waals surface area contributed by atoms with Crippen molar-refractivity contribution in [2.75, 3.05) is 19.0 Å². The molecule has 94 valence electrons. The number of carboxylic acids is 1. The predicted molar refractivity (Wildman–Crippen MR) is 70.7 cm³/mol. The fourth-order valence-electron chi connectivity index (χ4n) is 1.94. The van der Waals surface area contributed by atoms with Gasteiger partial charge in [0.2, 0.25) is 0 Å². The molecule has 3 nitrogen and oxygen atoms in total. The minimum absolute atomic E-state index is 0.341. The van der Waals surface area contributed by atoms with Gasteiger partial charge >= 0.3 is 5.97 Å². The topological polar surface area (TPSA) is 40.5 Å². The summed E-state index contributed by atoms with van der Waals surface area (Å²) in [4.78, 5) is 12.9. The molecule has 17 heavy (non-hydrogen) atoms. The first-order valence-corrected chi connectivity index (χ1v) is 5.83. The number of anilines is 1. The molecular formula is C14H21NO2. The third-order valence-electron chi connectivity index (χ3n) is 3.14. The van der Waals surface area contributed by atoms with Gasteiger partial charge in [0.15, 0.2) is 0 Å². The van der Waals surface area contributed by atoms with Crippen LogP contribution in [0.1, 0.15) is 23.6 Å². The standard InChI is InChI=1S/C14H21NO2/c1-9-6-12(7-10(2)14(16)17)8-13(11(9)3)15(4)5/h6,8,10H,7H2,1-5H3,(H,16,17). The van der Waals surface area contributed by atoms with Gasteiger partial charge in [0, 0.05) is 19.8 Å². The highest BCUT2D eigenvalue weighted by atomic mass is 16.4. The van der Waals surface area contributed by atoms with E-state index in [4.69, 9.17) is 5.11 Å². The van der Waals surface area contributed by atoms with E-state index in [0.29, 0.717) is 6.42 Å². The Morgan fingerprint density at radius 1 is 1.35 bits per heavy atom. The highest BCUT2D eigenvalue weighted by Gasteiger charge is 2.13. The number of benzene rings is 1. The van der Waals surface area contributed by atoms with Crippen LogP contribution < -0.4 is 4.90 Å². The summed E-state index contributed by atoms with van der Waals surface area (Å²) in [5, 5.41) is 8.94. The number of carbonyl (C=O) groups is 1. The summed E-state index contributed by atoms with van der Waals surface area (Å²) in [5.41, 5.74) is 4.72. The Hall–Kier alpha value is -1.51. The summed E-state index contributed by atoms with van der Waals surface area (Å²) in [6.45, 7) is 5.90. The van der Waals surface area contributed by atoms with Crippen molar-refractivity contribution in [3.8, 4) is 0 Å². The highest BCUT2D eigenvalue weighted by Crippen LogP contribution is 2.24. The molecule has 0 saturated carbocycles. The second-order valence-electron chi connectivity index (χ2n) is 4.89. The van der Waals surface area contributed by atoms with Crippen LogP contribution >= 0.6 is 0 Å². The van der Waals surface area contributed by atoms with E-state index in [1.807, 2.05) is 14.1 Å². The van der Waals surface area contributed by atoms with Gasteiger partial charge in [-0.15, -0.1) is 0 Å². The maximum atomic E-state index is 10.9. The number of aryl methyl sites for hydroxylation is 1. The van der Waals surface area contributed by atoms with E-state index in [0.717, 1.165) is 11.3 Å². The Morgan fingerprint density at radius 3 is 2.41 bits per heavy atom. The van der Waals surface area contributed by atoms with Gasteiger partial charge in [0.25, 0.3) is 0 Å². The normalized spacial score (nSPS) is 12.3. The van der Waals surface area contributed by atoms with Crippen molar-refractivity contribution in [1.29, 1.82) is 0 Å². The molecule has 0 aliphatic heterocycles. The van der Waals surface area contributed by atoms with Gasteiger partial charge in [0.05, 0.1) is 5.92 Å². The second kappa shape index (κ2) is 5.21. The fourth-order valence-corrected chi connectivity index (χ4v) is 1.94. The molecule has 0 aliphatic rings. The fraction of sp³-hybridized carbons (Fsp3) is 0.500. The monoisotopic (exact) mass is 235 g/mol. The average molecular weight is 235 g/mol. The van der Waals surface area contributed by atoms with Gasteiger partial charge in [-0.25, -0.2) is 0 Å². The molecule has 1 N–H and O–H groups in total. The molecule has 1 aromatic carbocycles. The van der Waals surface area contributed by atoms with E-state index in [-0.39, 0.29) is 5.92 Å². The molecule has 0 heterocycles. The Kier molecular flexibility index (Phi) is 4.16. The summed E-state index contributed by atoms with van der Waals surface area (Å²) < 4.78 is 0. The molecule has 3 heteroatoms. The molecule has 1 aromatic rings. The summed E-state index contributed by atoms with van der Waals surface area (Å²) in [7, 11) is 4.01. The van der Waals surface area contributed by atoms with Gasteiger partial charge in [-0.3, -0.25) is 4.79 Å². The Morgan fingerprint density at radius 2 is 1.94 bits per heavy atom. The molecule has 1 rings (SSSR count). The molecule has 0 radical (unpaired) electrons. The Bertz CT molecular complexity index is 424. The minimum atomic E-state index is -0.741. The van der Waals surface area contributed by atoms with Crippen molar-refractivity contribution in [1.82, 2.24) is 0 Å². The number of carboxylic acid groups (broad SMARTS) is 1. The van der Waals surface area contributed by atoms with Crippen LogP contribution in [0.3, 0.4) is 0 Å². The van der Waals surface area contributed by atoms with E-state index >= 15 is 0 Å². The molecular weight excluding hydrogens is 214 g/mol. The molecule has 0 aliphatic carbocycles. The first-order valence-electron chi connectivity index (χ1n) is 5.83. The molecule has 1 atom stereocenters. The van der Waals surface area contributed by atoms with Crippen LogP contribution in [0.25, 0.3) is 0 Å². The number of nitrogens with zero attached hydrogens (tertiary/aromatic N) is 1. The molecule has 0 fully saturated rings. The molecule has 0 spiro atoms. The van der Waals surface area contributed by atoms with Crippen molar-refractivity contribution < 1.29 is 9.90 Å². The smallest absolute Gasteiger partial charge is 0.306 e. The maximum Gasteiger partial charge on any atom is 0.306 e. The van der Waals surface area contributed by atoms with Crippen LogP contribution in [0.5, 0.6) is 0 Å².